The number of hydrogen-bond acceptors (Lipinski definition) is 15. The van der Waals surface area contributed by atoms with Gasteiger partial charge in [-0.3, -0.25) is 48.5 Å². The van der Waals surface area contributed by atoms with Gasteiger partial charge in [0.25, 0.3) is 27.8 Å². The fourth-order valence-electron chi connectivity index (χ4n) is 15.1. The summed E-state index contributed by atoms with van der Waals surface area (Å²) in [6.45, 7) is 19.4. The predicted molar refractivity (Wildman–Crippen MR) is 390 cm³/mol. The smallest absolute Gasteiger partial charge is 0.256 e. The molecule has 5 aliphatic heterocycles. The molecule has 4 atom stereocenters. The molecule has 548 valence electrons. The van der Waals surface area contributed by atoms with Gasteiger partial charge in [0, 0.05) is 113 Å². The normalized spacial score (nSPS) is 19.2. The largest absolute Gasteiger partial charge is 0.395 e. The van der Waals surface area contributed by atoms with Gasteiger partial charge in [0.05, 0.1) is 58.5 Å². The van der Waals surface area contributed by atoms with E-state index in [1.54, 1.807) is 30.3 Å². The van der Waals surface area contributed by atoms with E-state index in [1.807, 2.05) is 34.6 Å². The van der Waals surface area contributed by atoms with Crippen molar-refractivity contribution in [1.29, 1.82) is 0 Å². The van der Waals surface area contributed by atoms with E-state index in [0.717, 1.165) is 174 Å². The van der Waals surface area contributed by atoms with Crippen LogP contribution in [0.2, 0.25) is 0 Å². The Morgan fingerprint density at radius 2 is 0.573 bits per heavy atom. The highest BCUT2D eigenvalue weighted by Gasteiger charge is 2.29. The number of rotatable bonds is 12. The summed E-state index contributed by atoms with van der Waals surface area (Å²) in [6.07, 6.45) is 6.46. The number of piperidine rings is 1. The molecule has 5 fully saturated rings. The van der Waals surface area contributed by atoms with Crippen molar-refractivity contribution in [1.82, 2.24) is 49.4 Å². The van der Waals surface area contributed by atoms with Crippen molar-refractivity contribution in [3.05, 3.63) is 228 Å². The first-order valence-electron chi connectivity index (χ1n) is 35.3. The summed E-state index contributed by atoms with van der Waals surface area (Å²) in [5.41, 5.74) is 7.78. The van der Waals surface area contributed by atoms with Crippen molar-refractivity contribution < 1.29 is 47.5 Å². The summed E-state index contributed by atoms with van der Waals surface area (Å²) in [5, 5.41) is 53.5. The van der Waals surface area contributed by atoms with Gasteiger partial charge >= 0.3 is 0 Å². The van der Waals surface area contributed by atoms with Crippen LogP contribution in [0.15, 0.2) is 115 Å². The molecule has 25 heteroatoms. The molecule has 5 aliphatic rings. The lowest BCUT2D eigenvalue weighted by Gasteiger charge is -2.30. The minimum Gasteiger partial charge on any atom is -0.395 e. The monoisotopic (exact) mass is 1420 g/mol. The molecule has 103 heavy (non-hydrogen) atoms. The lowest BCUT2D eigenvalue weighted by Crippen LogP contribution is -2.35. The molecule has 0 aliphatic carbocycles. The van der Waals surface area contributed by atoms with E-state index in [-0.39, 0.29) is 71.4 Å². The number of hydrogen-bond donors (Lipinski definition) is 10. The Labute approximate surface area is 591 Å². The fourth-order valence-corrected chi connectivity index (χ4v) is 15.1. The number of nitrogens with one attached hydrogen (secondary N) is 5. The summed E-state index contributed by atoms with van der Waals surface area (Å²) in [4.78, 5) is 84.8. The molecule has 5 saturated heterocycles. The Balaban J connectivity index is 0.000000129. The van der Waals surface area contributed by atoms with E-state index >= 15 is 0 Å². The van der Waals surface area contributed by atoms with E-state index in [1.165, 1.54) is 60.7 Å². The number of nitrogens with zero attached hydrogens (tertiary/aromatic N) is 5. The number of aromatic amines is 5. The standard InChI is InChI=1S/3C16H19FN2O2.2C15H17FN2O2/c1-10-15(9-19-6-4-12(20)5-7-19)13-3-2-11(17)8-14(13)16(21)18-10;2*1-10-15(8-19-6-2-3-12(19)9-20)13-5-4-11(17)7-14(13)16(21)18-10;2*1-9-14(8-18-5-4-11(19)7-18)12-3-2-10(16)6-13(12)15(20)17-9/h2-3,8,12,20H,4-7,9H2,1H3,(H,18,21);2*4-5,7,12,20H,2-3,6,8-9H2,1H3,(H,18,21);2*2-3,6,11,19H,4-5,7-8H2,1H3,(H,17,20)/t;2*12-;2*11-/m.1010/s1. The summed E-state index contributed by atoms with van der Waals surface area (Å²) in [6, 6.07) is 22.0. The van der Waals surface area contributed by atoms with Crippen LogP contribution in [-0.2, 0) is 32.7 Å². The zero-order valence-electron chi connectivity index (χ0n) is 58.7. The average molecular weight is 1420 g/mol. The molecule has 0 spiro atoms. The molecular weight excluding hydrogens is 1330 g/mol. The number of likely N-dealkylation sites (tertiary alicyclic amines) is 5. The van der Waals surface area contributed by atoms with Crippen LogP contribution in [0.5, 0.6) is 0 Å². The molecule has 0 amide bonds. The third-order valence-corrected chi connectivity index (χ3v) is 20.9. The van der Waals surface area contributed by atoms with Crippen molar-refractivity contribution in [3.8, 4) is 0 Å². The molecule has 15 rings (SSSR count). The van der Waals surface area contributed by atoms with Gasteiger partial charge in [0.2, 0.25) is 0 Å². The third-order valence-electron chi connectivity index (χ3n) is 20.9. The molecule has 20 nitrogen and oxygen atoms in total. The van der Waals surface area contributed by atoms with E-state index in [2.05, 4.69) is 49.4 Å². The molecule has 0 radical (unpaired) electrons. The number of aryl methyl sites for hydroxylation is 5. The number of benzene rings is 5. The summed E-state index contributed by atoms with van der Waals surface area (Å²) >= 11 is 0. The van der Waals surface area contributed by atoms with Crippen LogP contribution in [0.25, 0.3) is 53.9 Å². The maximum absolute atomic E-state index is 13.4. The van der Waals surface area contributed by atoms with Gasteiger partial charge < -0.3 is 50.5 Å². The first-order valence-corrected chi connectivity index (χ1v) is 35.3. The molecule has 0 saturated carbocycles. The number of fused-ring (bicyclic) bond motifs is 5. The van der Waals surface area contributed by atoms with Gasteiger partial charge in [0.1, 0.15) is 29.1 Å². The highest BCUT2D eigenvalue weighted by molar-refractivity contribution is 5.89. The highest BCUT2D eigenvalue weighted by Crippen LogP contribution is 2.30. The molecule has 5 aromatic carbocycles. The molecule has 10 heterocycles. The zero-order chi connectivity index (χ0) is 73.5. The average Bonchev–Trinajstić information content (AvgIpc) is 1.60. The molecule has 10 N–H and O–H groups in total. The van der Waals surface area contributed by atoms with Crippen molar-refractivity contribution in [2.75, 3.05) is 65.6 Å². The Kier molecular flexibility index (Phi) is 24.5. The summed E-state index contributed by atoms with van der Waals surface area (Å²) < 4.78 is 66.7. The second-order valence-electron chi connectivity index (χ2n) is 28.0. The second kappa shape index (κ2) is 33.5. The summed E-state index contributed by atoms with van der Waals surface area (Å²) in [7, 11) is 0. The SMILES string of the molecule is Cc1[nH]c(=O)c2cc(F)ccc2c1CN1CCC(O)CC1.Cc1[nH]c(=O)c2cc(F)ccc2c1CN1CCC[C@@H]1CO.Cc1[nH]c(=O)c2cc(F)ccc2c1CN1CCC[C@H]1CO.Cc1[nH]c(=O)c2cc(F)ccc2c1CN1CC[C@@H](O)C1.Cc1[nH]c(=O)c2cc(F)ccc2c1CN1CC[C@H](O)C1. The quantitative estimate of drug-likeness (QED) is 0.0511. The predicted octanol–water partition coefficient (Wildman–Crippen LogP) is 8.88. The van der Waals surface area contributed by atoms with Gasteiger partial charge in [0.15, 0.2) is 0 Å². The van der Waals surface area contributed by atoms with Crippen LogP contribution in [0.3, 0.4) is 0 Å². The third kappa shape index (κ3) is 18.0. The molecule has 0 unspecified atom stereocenters. The summed E-state index contributed by atoms with van der Waals surface area (Å²) in [5.74, 6) is -2.03. The second-order valence-corrected chi connectivity index (χ2v) is 28.0. The van der Waals surface area contributed by atoms with Crippen molar-refractivity contribution >= 4 is 53.9 Å². The van der Waals surface area contributed by atoms with Gasteiger partial charge in [-0.05, 0) is 214 Å². The lowest BCUT2D eigenvalue weighted by atomic mass is 10.0. The van der Waals surface area contributed by atoms with E-state index in [9.17, 15) is 71.5 Å². The van der Waals surface area contributed by atoms with Crippen molar-refractivity contribution in [2.45, 2.75) is 149 Å². The van der Waals surface area contributed by atoms with Gasteiger partial charge in [-0.1, -0.05) is 30.3 Å². The van der Waals surface area contributed by atoms with Gasteiger partial charge in [-0.15, -0.1) is 0 Å². The van der Waals surface area contributed by atoms with E-state index in [4.69, 9.17) is 0 Å². The Morgan fingerprint density at radius 1 is 0.330 bits per heavy atom. The topological polar surface area (TPSA) is 282 Å². The number of aromatic nitrogens is 5. The van der Waals surface area contributed by atoms with Crippen LogP contribution < -0.4 is 27.8 Å². The van der Waals surface area contributed by atoms with Gasteiger partial charge in [-0.2, -0.15) is 0 Å². The number of H-pyrrole nitrogens is 5. The molecular formula is C78H91F5N10O10. The molecule has 5 aromatic heterocycles. The number of pyridine rings is 5. The van der Waals surface area contributed by atoms with Crippen LogP contribution >= 0.6 is 0 Å². The van der Waals surface area contributed by atoms with E-state index in [0.29, 0.717) is 72.7 Å². The van der Waals surface area contributed by atoms with Crippen molar-refractivity contribution in [2.24, 2.45) is 0 Å². The Bertz CT molecular complexity index is 4790. The number of aliphatic hydroxyl groups is 5. The maximum atomic E-state index is 13.4. The minimum absolute atomic E-state index is 0.148. The highest BCUT2D eigenvalue weighted by atomic mass is 19.1. The minimum atomic E-state index is -0.408. The zero-order valence-corrected chi connectivity index (χ0v) is 58.7. The Morgan fingerprint density at radius 3 is 0.825 bits per heavy atom. The number of halogens is 5. The first-order chi connectivity index (χ1) is 49.3. The van der Waals surface area contributed by atoms with Gasteiger partial charge in [-0.25, -0.2) is 22.0 Å². The van der Waals surface area contributed by atoms with Crippen molar-refractivity contribution in [3.63, 3.8) is 0 Å². The van der Waals surface area contributed by atoms with Crippen LogP contribution in [0, 0.1) is 63.7 Å². The molecule has 10 aromatic rings. The molecule has 0 bridgehead atoms. The number of aliphatic hydroxyl groups excluding tert-OH is 5. The number of β-amino-alcohol motifs (C(OH)–C–C–N with tert-alkyl or cyclic N) is 2. The van der Waals surface area contributed by atoms with Crippen LogP contribution in [0.4, 0.5) is 22.0 Å². The van der Waals surface area contributed by atoms with E-state index < -0.39 is 29.1 Å². The lowest BCUT2D eigenvalue weighted by molar-refractivity contribution is 0.0793. The maximum Gasteiger partial charge on any atom is 0.256 e. The first kappa shape index (κ1) is 75.6. The van der Waals surface area contributed by atoms with Crippen LogP contribution in [0.1, 0.15) is 108 Å². The fraction of sp³-hybridized carbons (Fsp3) is 0.423. The Hall–Kier alpha value is -8.60. The van der Waals surface area contributed by atoms with Crippen LogP contribution in [-0.4, -0.2) is 171 Å².